The van der Waals surface area contributed by atoms with Gasteiger partial charge in [-0.2, -0.15) is 103 Å². The van der Waals surface area contributed by atoms with Gasteiger partial charge in [-0.15, -0.1) is 0 Å². The Morgan fingerprint density at radius 1 is 0.297 bits per heavy atom. The summed E-state index contributed by atoms with van der Waals surface area (Å²) in [4.78, 5) is 186. The Balaban J connectivity index is -0.000000167. The zero-order chi connectivity index (χ0) is 46.6. The molecule has 64 heavy (non-hydrogen) atoms. The molecule has 0 aliphatic rings. The summed E-state index contributed by atoms with van der Waals surface area (Å²) in [5.74, 6) is -3.06. The van der Waals surface area contributed by atoms with Gasteiger partial charge in [0.25, 0.3) is 0 Å². The zero-order valence-corrected chi connectivity index (χ0v) is 62.7. The second-order valence-electron chi connectivity index (χ2n) is 10.8. The van der Waals surface area contributed by atoms with Crippen molar-refractivity contribution in [3.05, 3.63) is 103 Å². The van der Waals surface area contributed by atoms with Gasteiger partial charge in [0.05, 0.1) is 0 Å². The summed E-state index contributed by atoms with van der Waals surface area (Å²) >= 11 is -2.51. The van der Waals surface area contributed by atoms with Gasteiger partial charge in [0.2, 0.25) is 0 Å². The third-order valence-electron chi connectivity index (χ3n) is 6.15. The molecule has 0 aliphatic carbocycles. The number of rotatable bonds is 8. The van der Waals surface area contributed by atoms with Crippen LogP contribution in [0.25, 0.3) is 0 Å². The van der Waals surface area contributed by atoms with Crippen LogP contribution in [-0.4, -0.2) is 118 Å². The molecule has 0 amide bonds. The molecule has 0 radical (unpaired) electrons. The van der Waals surface area contributed by atoms with Crippen LogP contribution in [0, 0.1) is 183 Å². The van der Waals surface area contributed by atoms with E-state index >= 15 is 0 Å². The third-order valence-corrected chi connectivity index (χ3v) is 12.9. The van der Waals surface area contributed by atoms with Gasteiger partial charge in [0.1, 0.15) is 0 Å². The maximum Gasteiger partial charge on any atom is 0 e. The van der Waals surface area contributed by atoms with Crippen molar-refractivity contribution < 1.29 is 306 Å². The third kappa shape index (κ3) is 33.6. The van der Waals surface area contributed by atoms with E-state index in [2.05, 4.69) is 0 Å². The van der Waals surface area contributed by atoms with Gasteiger partial charge in [0.15, 0.2) is 37.1 Å². The summed E-state index contributed by atoms with van der Waals surface area (Å²) in [7, 11) is -29.3. The fourth-order valence-electron chi connectivity index (χ4n) is 3.50. The fraction of sp³-hybridized carbons (Fsp3) is 0.0400. The molecule has 0 atom stereocenters. The topological polar surface area (TPSA) is 520 Å². The van der Waals surface area contributed by atoms with Crippen LogP contribution in [0.2, 0.25) is 0 Å². The van der Waals surface area contributed by atoms with Crippen LogP contribution in [0.4, 0.5) is 0 Å². The van der Waals surface area contributed by atoms with Crippen molar-refractivity contribution in [2.75, 3.05) is 0 Å². The zero-order valence-electron chi connectivity index (χ0n) is 31.4. The van der Waals surface area contributed by atoms with Gasteiger partial charge >= 0.3 is 93.9 Å². The van der Waals surface area contributed by atoms with E-state index in [1.54, 1.807) is 0 Å². The van der Waals surface area contributed by atoms with Gasteiger partial charge in [-0.3, -0.25) is 0 Å². The number of aliphatic hydroxyl groups is 3. The molecule has 26 nitrogen and oxygen atoms in total. The van der Waals surface area contributed by atoms with Crippen LogP contribution < -0.4 is 37.1 Å². The molecule has 0 saturated heterocycles. The molecule has 0 aliphatic heterocycles. The molecule has 0 saturated carbocycles. The normalized spacial score (nSPS) is 11.5. The minimum absolute atomic E-state index is 0. The van der Waals surface area contributed by atoms with E-state index in [4.69, 9.17) is 123 Å². The summed E-state index contributed by atoms with van der Waals surface area (Å²) in [6.45, 7) is 0. The first-order valence-electron chi connectivity index (χ1n) is 14.4. The fourth-order valence-corrected chi connectivity index (χ4v) is 7.99. The van der Waals surface area contributed by atoms with Gasteiger partial charge in [-0.05, 0) is 48.5 Å². The minimum atomic E-state index is -4.20. The Kier molecular flexibility index (Phi) is 43.1. The van der Waals surface area contributed by atoms with Crippen molar-refractivity contribution in [3.8, 4) is 0 Å². The number of hydrogen-bond donors (Lipinski definition) is 24. The molecule has 0 spiro atoms. The predicted molar refractivity (Wildman–Crippen MR) is 208 cm³/mol. The molecule has 4 rings (SSSR count). The van der Waals surface area contributed by atoms with Crippen LogP contribution in [0.15, 0.2) is 97.1 Å². The summed E-state index contributed by atoms with van der Waals surface area (Å²) in [6.07, 6.45) is 0. The second kappa shape index (κ2) is 34.4. The summed E-state index contributed by atoms with van der Waals surface area (Å²) < 4.78 is 17.2. The van der Waals surface area contributed by atoms with E-state index in [0.29, 0.717) is 0 Å². The van der Waals surface area contributed by atoms with Crippen LogP contribution >= 0.6 is 55.6 Å². The Bertz CT molecular complexity index is 1590. The molecule has 39 heteroatoms. The quantitative estimate of drug-likeness (QED) is 0.0576. The van der Waals surface area contributed by atoms with Crippen molar-refractivity contribution >= 4 is 92.7 Å². The maximum absolute atomic E-state index is 8.87. The molecule has 4 aromatic rings. The second-order valence-corrected chi connectivity index (χ2v) is 23.1. The van der Waals surface area contributed by atoms with E-state index in [0.717, 1.165) is 30.3 Å². The molecule has 0 bridgehead atoms. The Morgan fingerprint density at radius 3 is 0.578 bits per heavy atom. The van der Waals surface area contributed by atoms with E-state index in [-0.39, 0.29) is 198 Å². The molecule has 0 aromatic heterocycles. The number of benzene rings is 4. The van der Waals surface area contributed by atoms with Crippen molar-refractivity contribution in [1.82, 2.24) is 0 Å². The van der Waals surface area contributed by atoms with Gasteiger partial charge in [-0.1, -0.05) is 30.3 Å². The van der Waals surface area contributed by atoms with Crippen molar-refractivity contribution in [3.63, 3.8) is 0 Å². The Morgan fingerprint density at radius 2 is 0.438 bits per heavy atom. The molecular formula is C25H40O26P7U6+7. The molecule has 24 N–H and O–H groups in total. The Hall–Kier alpha value is 4.84. The van der Waals surface area contributed by atoms with Crippen LogP contribution in [0.1, 0.15) is 5.56 Å². The minimum Gasteiger partial charge on any atom is 0 e. The first-order valence-corrected chi connectivity index (χ1v) is 29.3. The molecule has 0 unspecified atom stereocenters. The Labute approximate surface area is 499 Å². The molecular weight excluding hydrogens is 2360 g/mol. The first kappa shape index (κ1) is 80.2. The van der Waals surface area contributed by atoms with E-state index in [9.17, 15) is 0 Å². The molecule has 348 valence electrons. The van der Waals surface area contributed by atoms with Gasteiger partial charge in [0, 0.05) is 179 Å². The average molecular weight is 2400 g/mol. The summed E-state index contributed by atoms with van der Waals surface area (Å²) in [6, 6.07) is 18.2. The molecule has 0 fully saturated rings. The first-order chi connectivity index (χ1) is 26.3. The van der Waals surface area contributed by atoms with Gasteiger partial charge in [-0.25, -0.2) is 0 Å². The van der Waals surface area contributed by atoms with Crippen LogP contribution in [-0.2, 0) is 10.4 Å². The summed E-state index contributed by atoms with van der Waals surface area (Å²) in [5.41, 5.74) is -0.364. The SMILES string of the molecule is OC(O)(O)c1cccc([P+](O)(O)O)c1.O[P+](O)(O)c1cccc([P+](O)(O)O)c1.O[P+](O)(O)c1cccc([P+](O)(O)O)c1.O[P+](O)(O)c1cccc([P+](O)(O)O)c1.[O]=[U]=[O].[U].[U].[U].[U].[U]. The molecule has 4 aromatic carbocycles. The van der Waals surface area contributed by atoms with E-state index in [1.165, 1.54) is 66.7 Å². The maximum atomic E-state index is 8.87. The van der Waals surface area contributed by atoms with Gasteiger partial charge < -0.3 is 15.3 Å². The van der Waals surface area contributed by atoms with Crippen LogP contribution in [0.5, 0.6) is 0 Å². The summed E-state index contributed by atoms with van der Waals surface area (Å²) in [5, 5.41) is 24.5. The van der Waals surface area contributed by atoms with Crippen molar-refractivity contribution in [2.24, 2.45) is 0 Å². The van der Waals surface area contributed by atoms with Crippen molar-refractivity contribution in [1.29, 1.82) is 0 Å². The van der Waals surface area contributed by atoms with E-state index < -0.39 is 89.4 Å². The largest absolute Gasteiger partial charge is 0 e. The van der Waals surface area contributed by atoms with Crippen LogP contribution in [0.3, 0.4) is 0 Å². The smallest absolute Gasteiger partial charge is 0 e. The number of hydrogen-bond acceptors (Lipinski definition) is 26. The average Bonchev–Trinajstić information content (AvgIpc) is 3.07. The van der Waals surface area contributed by atoms with E-state index in [1.807, 2.05) is 0 Å². The predicted octanol–water partition coefficient (Wildman–Crippen LogP) is -6.85. The van der Waals surface area contributed by atoms with Crippen molar-refractivity contribution in [2.45, 2.75) is 5.97 Å². The molecule has 0 heterocycles. The monoisotopic (exact) mass is 2400 g/mol. The standard InChI is InChI=1S/C7H10O6P.3C6H10O6P2.2O.6U/c8-7(9,10)5-2-1-3-6(4-5)14(11,12)13;3*7-13(8,9)5-2-1-3-6(4-5)14(10,11)12;;;;;;;;/h1-4,8-13H;3*1-4,7-12H;;;;;;;;/q+1;3*+2;;;;;;;;.